The van der Waals surface area contributed by atoms with E-state index in [0.29, 0.717) is 28.9 Å². The molecule has 0 saturated carbocycles. The number of piperidine rings is 1. The molecule has 0 radical (unpaired) electrons. The van der Waals surface area contributed by atoms with Crippen LogP contribution in [-0.2, 0) is 0 Å². The topological polar surface area (TPSA) is 109 Å². The van der Waals surface area contributed by atoms with Crippen molar-refractivity contribution in [2.24, 2.45) is 0 Å². The fourth-order valence-electron chi connectivity index (χ4n) is 5.35. The van der Waals surface area contributed by atoms with Gasteiger partial charge < -0.3 is 20.1 Å². The Morgan fingerprint density at radius 1 is 0.976 bits per heavy atom. The summed E-state index contributed by atoms with van der Waals surface area (Å²) in [7, 11) is 2.17. The number of benzene rings is 2. The maximum absolute atomic E-state index is 13.2. The van der Waals surface area contributed by atoms with Crippen molar-refractivity contribution in [2.75, 3.05) is 30.8 Å². The van der Waals surface area contributed by atoms with Crippen LogP contribution in [0.4, 0.5) is 17.3 Å². The van der Waals surface area contributed by atoms with Gasteiger partial charge in [-0.1, -0.05) is 23.4 Å². The summed E-state index contributed by atoms with van der Waals surface area (Å²) in [5.74, 6) is 1.45. The minimum atomic E-state index is -0.177. The van der Waals surface area contributed by atoms with Crippen LogP contribution >= 0.6 is 0 Å². The normalized spacial score (nSPS) is 15.4. The summed E-state index contributed by atoms with van der Waals surface area (Å²) in [5.41, 5.74) is 7.62. The highest BCUT2D eigenvalue weighted by Crippen LogP contribution is 2.29. The zero-order chi connectivity index (χ0) is 29.1. The highest BCUT2D eigenvalue weighted by atomic mass is 16.5. The van der Waals surface area contributed by atoms with Crippen LogP contribution in [0.3, 0.4) is 0 Å². The number of likely N-dealkylation sites (N-methyl/N-ethyl adjacent to an activating group) is 1. The standard InChI is InChI=1S/C33H33N7O2/c1-21-6-7-24(32(41)37-28-10-8-23(9-11-28)25-5-4-14-40(3)20-25)16-30(21)39-33-35-13-12-29(38-33)26-15-27(19-34-18-26)31-22(2)17-36-42-31/h6-13,15-19,25H,4-5,14,20H2,1-3H3,(H,37,41)(H,35,38,39). The number of carbonyl (C=O) groups is 1. The second-order valence-corrected chi connectivity index (χ2v) is 10.9. The summed E-state index contributed by atoms with van der Waals surface area (Å²) >= 11 is 0. The molecule has 9 heteroatoms. The van der Waals surface area contributed by atoms with Crippen LogP contribution in [0.15, 0.2) is 83.9 Å². The van der Waals surface area contributed by atoms with Crippen molar-refractivity contribution in [3.05, 3.63) is 102 Å². The van der Waals surface area contributed by atoms with E-state index >= 15 is 0 Å². The molecular formula is C33H33N7O2. The summed E-state index contributed by atoms with van der Waals surface area (Å²) in [5, 5.41) is 10.2. The van der Waals surface area contributed by atoms with Gasteiger partial charge in [-0.15, -0.1) is 0 Å². The van der Waals surface area contributed by atoms with Crippen molar-refractivity contribution in [1.29, 1.82) is 0 Å². The molecule has 3 aromatic heterocycles. The second-order valence-electron chi connectivity index (χ2n) is 10.9. The Morgan fingerprint density at radius 2 is 1.81 bits per heavy atom. The van der Waals surface area contributed by atoms with E-state index in [9.17, 15) is 4.79 Å². The number of nitrogens with one attached hydrogen (secondary N) is 2. The third-order valence-corrected chi connectivity index (χ3v) is 7.71. The zero-order valence-corrected chi connectivity index (χ0v) is 24.0. The predicted octanol–water partition coefficient (Wildman–Crippen LogP) is 6.62. The molecule has 2 aromatic carbocycles. The maximum atomic E-state index is 13.2. The van der Waals surface area contributed by atoms with Gasteiger partial charge in [-0.3, -0.25) is 9.78 Å². The highest BCUT2D eigenvalue weighted by molar-refractivity contribution is 6.05. The largest absolute Gasteiger partial charge is 0.356 e. The van der Waals surface area contributed by atoms with Gasteiger partial charge in [0.05, 0.1) is 11.9 Å². The number of pyridine rings is 1. The van der Waals surface area contributed by atoms with Gasteiger partial charge in [0.25, 0.3) is 5.91 Å². The third kappa shape index (κ3) is 6.06. The van der Waals surface area contributed by atoms with E-state index in [1.165, 1.54) is 18.4 Å². The first-order valence-electron chi connectivity index (χ1n) is 14.1. The Bertz CT molecular complexity index is 1710. The van der Waals surface area contributed by atoms with Crippen LogP contribution in [0.1, 0.15) is 45.8 Å². The predicted molar refractivity (Wildman–Crippen MR) is 164 cm³/mol. The average molecular weight is 560 g/mol. The number of hydrogen-bond acceptors (Lipinski definition) is 8. The van der Waals surface area contributed by atoms with Crippen LogP contribution < -0.4 is 10.6 Å². The van der Waals surface area contributed by atoms with Gasteiger partial charge in [0.2, 0.25) is 5.95 Å². The van der Waals surface area contributed by atoms with Gasteiger partial charge in [0.15, 0.2) is 5.76 Å². The number of aryl methyl sites for hydroxylation is 2. The summed E-state index contributed by atoms with van der Waals surface area (Å²) in [6, 6.07) is 17.6. The summed E-state index contributed by atoms with van der Waals surface area (Å²) in [4.78, 5) is 29.0. The Labute approximate surface area is 245 Å². The van der Waals surface area contributed by atoms with Gasteiger partial charge in [0.1, 0.15) is 0 Å². The lowest BCUT2D eigenvalue weighted by Gasteiger charge is -2.30. The van der Waals surface area contributed by atoms with Gasteiger partial charge in [-0.2, -0.15) is 0 Å². The van der Waals surface area contributed by atoms with Crippen molar-refractivity contribution in [3.8, 4) is 22.6 Å². The summed E-state index contributed by atoms with van der Waals surface area (Å²) in [6.45, 7) is 6.14. The molecule has 1 atom stereocenters. The first kappa shape index (κ1) is 27.3. The second kappa shape index (κ2) is 11.9. The number of rotatable bonds is 7. The molecule has 1 saturated heterocycles. The molecule has 5 aromatic rings. The third-order valence-electron chi connectivity index (χ3n) is 7.71. The summed E-state index contributed by atoms with van der Waals surface area (Å²) in [6.07, 6.45) is 9.27. The molecule has 1 aliphatic rings. The van der Waals surface area contributed by atoms with Crippen LogP contribution in [0.25, 0.3) is 22.6 Å². The number of anilines is 3. The molecule has 212 valence electrons. The van der Waals surface area contributed by atoms with E-state index in [2.05, 4.69) is 49.8 Å². The molecule has 1 fully saturated rings. The first-order chi connectivity index (χ1) is 20.4. The number of hydrogen-bond donors (Lipinski definition) is 2. The van der Waals surface area contributed by atoms with Crippen molar-refractivity contribution in [1.82, 2.24) is 25.0 Å². The average Bonchev–Trinajstić information content (AvgIpc) is 3.44. The van der Waals surface area contributed by atoms with Crippen molar-refractivity contribution < 1.29 is 9.32 Å². The van der Waals surface area contributed by atoms with Crippen LogP contribution in [0, 0.1) is 13.8 Å². The molecule has 0 bridgehead atoms. The fourth-order valence-corrected chi connectivity index (χ4v) is 5.35. The number of aromatic nitrogens is 4. The van der Waals surface area contributed by atoms with Crippen molar-refractivity contribution in [3.63, 3.8) is 0 Å². The smallest absolute Gasteiger partial charge is 0.255 e. The maximum Gasteiger partial charge on any atom is 0.255 e. The Morgan fingerprint density at radius 3 is 2.60 bits per heavy atom. The molecule has 6 rings (SSSR count). The minimum Gasteiger partial charge on any atom is -0.356 e. The lowest BCUT2D eigenvalue weighted by atomic mass is 9.91. The monoisotopic (exact) mass is 559 g/mol. The molecule has 2 N–H and O–H groups in total. The quantitative estimate of drug-likeness (QED) is 0.229. The molecular weight excluding hydrogens is 526 g/mol. The van der Waals surface area contributed by atoms with E-state index < -0.39 is 0 Å². The highest BCUT2D eigenvalue weighted by Gasteiger charge is 2.19. The molecule has 42 heavy (non-hydrogen) atoms. The summed E-state index contributed by atoms with van der Waals surface area (Å²) < 4.78 is 5.39. The number of likely N-dealkylation sites (tertiary alicyclic amines) is 1. The zero-order valence-electron chi connectivity index (χ0n) is 24.0. The minimum absolute atomic E-state index is 0.177. The van der Waals surface area contributed by atoms with Gasteiger partial charge in [0, 0.05) is 58.8 Å². The Kier molecular flexibility index (Phi) is 7.74. The van der Waals surface area contributed by atoms with Crippen LogP contribution in [-0.4, -0.2) is 51.1 Å². The van der Waals surface area contributed by atoms with Gasteiger partial charge in [-0.05, 0) is 93.7 Å². The molecule has 1 amide bonds. The molecule has 0 aliphatic carbocycles. The van der Waals surface area contributed by atoms with E-state index in [-0.39, 0.29) is 5.91 Å². The molecule has 4 heterocycles. The van der Waals surface area contributed by atoms with E-state index in [0.717, 1.165) is 46.7 Å². The van der Waals surface area contributed by atoms with Crippen LogP contribution in [0.2, 0.25) is 0 Å². The van der Waals surface area contributed by atoms with Crippen molar-refractivity contribution in [2.45, 2.75) is 32.6 Å². The SMILES string of the molecule is Cc1ccc(C(=O)Nc2ccc(C3CCCN(C)C3)cc2)cc1Nc1nccc(-c2cncc(-c3oncc3C)c2)n1. The lowest BCUT2D eigenvalue weighted by Crippen LogP contribution is -2.30. The van der Waals surface area contributed by atoms with Gasteiger partial charge in [-0.25, -0.2) is 9.97 Å². The lowest BCUT2D eigenvalue weighted by molar-refractivity contribution is 0.102. The number of nitrogens with zero attached hydrogens (tertiary/aromatic N) is 5. The molecule has 9 nitrogen and oxygen atoms in total. The molecule has 1 unspecified atom stereocenters. The van der Waals surface area contributed by atoms with Crippen molar-refractivity contribution >= 4 is 23.2 Å². The Balaban J connectivity index is 1.16. The van der Waals surface area contributed by atoms with Gasteiger partial charge >= 0.3 is 0 Å². The number of amides is 1. The van der Waals surface area contributed by atoms with Crippen LogP contribution in [0.5, 0.6) is 0 Å². The van der Waals surface area contributed by atoms with E-state index in [1.54, 1.807) is 24.8 Å². The molecule has 0 spiro atoms. The van der Waals surface area contributed by atoms with E-state index in [4.69, 9.17) is 9.51 Å². The Hall–Kier alpha value is -4.89. The molecule has 1 aliphatic heterocycles. The first-order valence-corrected chi connectivity index (χ1v) is 14.1. The van der Waals surface area contributed by atoms with E-state index in [1.807, 2.05) is 56.3 Å². The number of carbonyl (C=O) groups excluding carboxylic acids is 1. The fraction of sp³-hybridized carbons (Fsp3) is 0.242.